The van der Waals surface area contributed by atoms with Gasteiger partial charge >= 0.3 is 0 Å². The summed E-state index contributed by atoms with van der Waals surface area (Å²) in [5.41, 5.74) is 2.14. The molecule has 3 rings (SSSR count). The van der Waals surface area contributed by atoms with Crippen LogP contribution in [0.3, 0.4) is 0 Å². The topological polar surface area (TPSA) is 27.1 Å². The van der Waals surface area contributed by atoms with Crippen LogP contribution in [0.1, 0.15) is 25.6 Å². The van der Waals surface area contributed by atoms with Gasteiger partial charge in [-0.3, -0.25) is 0 Å². The fourth-order valence-corrected chi connectivity index (χ4v) is 3.04. The lowest BCUT2D eigenvalue weighted by Crippen LogP contribution is -2.39. The van der Waals surface area contributed by atoms with Crippen LogP contribution < -0.4 is 0 Å². The Labute approximate surface area is 112 Å². The highest BCUT2D eigenvalue weighted by Gasteiger charge is 2.32. The maximum Gasteiger partial charge on any atom is 0.125 e. The summed E-state index contributed by atoms with van der Waals surface area (Å²) in [5, 5.41) is 0. The zero-order valence-electron chi connectivity index (χ0n) is 10.5. The van der Waals surface area contributed by atoms with Crippen molar-refractivity contribution in [2.75, 3.05) is 13.2 Å². The highest BCUT2D eigenvalue weighted by Crippen LogP contribution is 2.32. The minimum atomic E-state index is -0.0292. The maximum absolute atomic E-state index is 6.06. The zero-order valence-corrected chi connectivity index (χ0v) is 11.3. The number of rotatable bonds is 2. The summed E-state index contributed by atoms with van der Waals surface area (Å²) in [6.07, 6.45) is 2.20. The predicted octanol–water partition coefficient (Wildman–Crippen LogP) is 3.30. The predicted molar refractivity (Wildman–Crippen MR) is 73.0 cm³/mol. The van der Waals surface area contributed by atoms with Crippen LogP contribution in [0.15, 0.2) is 24.3 Å². The molecule has 1 aliphatic rings. The molecule has 2 heterocycles. The fourth-order valence-electron chi connectivity index (χ4n) is 2.86. The van der Waals surface area contributed by atoms with Gasteiger partial charge in [0, 0.05) is 6.61 Å². The molecule has 18 heavy (non-hydrogen) atoms. The quantitative estimate of drug-likeness (QED) is 0.778. The molecule has 0 saturated carbocycles. The molecule has 4 heteroatoms. The van der Waals surface area contributed by atoms with Crippen molar-refractivity contribution in [1.82, 2.24) is 9.55 Å². The van der Waals surface area contributed by atoms with Crippen LogP contribution in [0.5, 0.6) is 0 Å². The number of imidazole rings is 1. The molecule has 96 valence electrons. The number of benzene rings is 1. The second-order valence-electron chi connectivity index (χ2n) is 5.14. The smallest absolute Gasteiger partial charge is 0.125 e. The minimum absolute atomic E-state index is 0.0292. The van der Waals surface area contributed by atoms with E-state index in [-0.39, 0.29) is 5.54 Å². The Hall–Kier alpha value is -1.06. The number of para-hydroxylation sites is 2. The monoisotopic (exact) mass is 264 g/mol. The molecule has 1 saturated heterocycles. The van der Waals surface area contributed by atoms with Crippen molar-refractivity contribution in [1.29, 1.82) is 0 Å². The van der Waals surface area contributed by atoms with Gasteiger partial charge in [-0.1, -0.05) is 12.1 Å². The Morgan fingerprint density at radius 3 is 3.00 bits per heavy atom. The van der Waals surface area contributed by atoms with Crippen LogP contribution in [0, 0.1) is 0 Å². The minimum Gasteiger partial charge on any atom is -0.379 e. The van der Waals surface area contributed by atoms with Crippen LogP contribution in [-0.2, 0) is 16.2 Å². The number of ether oxygens (including phenoxy) is 1. The molecule has 2 aromatic rings. The Bertz CT molecular complexity index is 558. The lowest BCUT2D eigenvalue weighted by atomic mass is 9.94. The number of halogens is 1. The van der Waals surface area contributed by atoms with Crippen molar-refractivity contribution >= 4 is 22.6 Å². The molecule has 3 nitrogen and oxygen atoms in total. The largest absolute Gasteiger partial charge is 0.379 e. The van der Waals surface area contributed by atoms with E-state index in [1.807, 2.05) is 18.2 Å². The third-order valence-corrected chi connectivity index (χ3v) is 3.95. The standard InChI is InChI=1S/C14H17ClN2O/c1-14(7-4-8-18-10-14)17-12-6-3-2-5-11(12)16-13(17)9-15/h2-3,5-6H,4,7-10H2,1H3. The van der Waals surface area contributed by atoms with Crippen molar-refractivity contribution in [3.8, 4) is 0 Å². The normalized spacial score (nSPS) is 24.6. The summed E-state index contributed by atoms with van der Waals surface area (Å²) in [6.45, 7) is 3.83. The fraction of sp³-hybridized carbons (Fsp3) is 0.500. The Balaban J connectivity index is 2.19. The molecule has 1 atom stereocenters. The molecule has 1 aromatic heterocycles. The average molecular weight is 265 g/mol. The van der Waals surface area contributed by atoms with Crippen LogP contribution in [-0.4, -0.2) is 22.8 Å². The van der Waals surface area contributed by atoms with E-state index in [1.54, 1.807) is 0 Å². The lowest BCUT2D eigenvalue weighted by molar-refractivity contribution is 0.0104. The number of alkyl halides is 1. The van der Waals surface area contributed by atoms with Crippen molar-refractivity contribution < 1.29 is 4.74 Å². The summed E-state index contributed by atoms with van der Waals surface area (Å²) < 4.78 is 7.94. The molecule has 0 radical (unpaired) electrons. The molecule has 1 aromatic carbocycles. The zero-order chi connectivity index (χ0) is 12.6. The molecule has 0 amide bonds. The third kappa shape index (κ3) is 1.82. The molecule has 0 spiro atoms. The van der Waals surface area contributed by atoms with Gasteiger partial charge in [0.15, 0.2) is 0 Å². The highest BCUT2D eigenvalue weighted by molar-refractivity contribution is 6.16. The van der Waals surface area contributed by atoms with Crippen LogP contribution >= 0.6 is 11.6 Å². The molecular weight excluding hydrogens is 248 g/mol. The molecule has 0 aliphatic carbocycles. The second-order valence-corrected chi connectivity index (χ2v) is 5.41. The summed E-state index contributed by atoms with van der Waals surface area (Å²) >= 11 is 6.06. The van der Waals surface area contributed by atoms with Crippen molar-refractivity contribution in [2.24, 2.45) is 0 Å². The van der Waals surface area contributed by atoms with Gasteiger partial charge in [-0.25, -0.2) is 4.98 Å². The number of hydrogen-bond donors (Lipinski definition) is 0. The van der Waals surface area contributed by atoms with E-state index in [1.165, 1.54) is 0 Å². The van der Waals surface area contributed by atoms with E-state index in [0.29, 0.717) is 5.88 Å². The third-order valence-electron chi connectivity index (χ3n) is 3.71. The van der Waals surface area contributed by atoms with E-state index < -0.39 is 0 Å². The van der Waals surface area contributed by atoms with E-state index in [2.05, 4.69) is 22.5 Å². The first-order chi connectivity index (χ1) is 8.74. The Kier molecular flexibility index (Phi) is 3.04. The van der Waals surface area contributed by atoms with Crippen LogP contribution in [0.4, 0.5) is 0 Å². The van der Waals surface area contributed by atoms with Gasteiger partial charge in [0.25, 0.3) is 0 Å². The molecule has 1 aliphatic heterocycles. The molecule has 1 unspecified atom stereocenters. The Morgan fingerprint density at radius 1 is 1.44 bits per heavy atom. The first kappa shape index (κ1) is 12.0. The van der Waals surface area contributed by atoms with E-state index in [4.69, 9.17) is 16.3 Å². The molecule has 1 fully saturated rings. The molecule has 0 N–H and O–H groups in total. The van der Waals surface area contributed by atoms with Gasteiger partial charge in [0.2, 0.25) is 0 Å². The summed E-state index contributed by atoms with van der Waals surface area (Å²) in [7, 11) is 0. The number of nitrogens with zero attached hydrogens (tertiary/aromatic N) is 2. The van der Waals surface area contributed by atoms with Gasteiger partial charge in [-0.2, -0.15) is 0 Å². The second kappa shape index (κ2) is 4.56. The van der Waals surface area contributed by atoms with Crippen molar-refractivity contribution in [3.63, 3.8) is 0 Å². The van der Waals surface area contributed by atoms with E-state index in [9.17, 15) is 0 Å². The Morgan fingerprint density at radius 2 is 2.28 bits per heavy atom. The van der Waals surface area contributed by atoms with Gasteiger partial charge in [0.05, 0.1) is 29.1 Å². The first-order valence-electron chi connectivity index (χ1n) is 6.35. The molecule has 0 bridgehead atoms. The van der Waals surface area contributed by atoms with Crippen molar-refractivity contribution in [3.05, 3.63) is 30.1 Å². The lowest BCUT2D eigenvalue weighted by Gasteiger charge is -2.36. The summed E-state index contributed by atoms with van der Waals surface area (Å²) in [6, 6.07) is 8.20. The van der Waals surface area contributed by atoms with Crippen molar-refractivity contribution in [2.45, 2.75) is 31.2 Å². The van der Waals surface area contributed by atoms with Gasteiger partial charge in [-0.05, 0) is 31.9 Å². The molecular formula is C14H17ClN2O. The van der Waals surface area contributed by atoms with Crippen LogP contribution in [0.25, 0.3) is 11.0 Å². The van der Waals surface area contributed by atoms with Gasteiger partial charge in [0.1, 0.15) is 5.82 Å². The maximum atomic E-state index is 6.06. The van der Waals surface area contributed by atoms with Gasteiger partial charge < -0.3 is 9.30 Å². The summed E-state index contributed by atoms with van der Waals surface area (Å²) in [4.78, 5) is 4.63. The SMILES string of the molecule is CC1(n2c(CCl)nc3ccccc32)CCCOC1. The highest BCUT2D eigenvalue weighted by atomic mass is 35.5. The van der Waals surface area contributed by atoms with Gasteiger partial charge in [-0.15, -0.1) is 11.6 Å². The average Bonchev–Trinajstić information content (AvgIpc) is 2.78. The van der Waals surface area contributed by atoms with E-state index >= 15 is 0 Å². The number of hydrogen-bond acceptors (Lipinski definition) is 2. The van der Waals surface area contributed by atoms with Crippen LogP contribution in [0.2, 0.25) is 0 Å². The summed E-state index contributed by atoms with van der Waals surface area (Å²) in [5.74, 6) is 1.37. The number of aromatic nitrogens is 2. The van der Waals surface area contributed by atoms with E-state index in [0.717, 1.165) is 42.9 Å². The number of fused-ring (bicyclic) bond motifs is 1. The first-order valence-corrected chi connectivity index (χ1v) is 6.89.